The molecule has 0 saturated carbocycles. The number of aromatic carboxylic acids is 1. The molecule has 0 aliphatic carbocycles. The molecule has 0 amide bonds. The van der Waals surface area contributed by atoms with E-state index in [0.717, 1.165) is 17.0 Å². The third-order valence-corrected chi connectivity index (χ3v) is 3.10. The lowest BCUT2D eigenvalue weighted by atomic mass is 10.1. The molecule has 2 heterocycles. The Hall–Kier alpha value is -1.01. The van der Waals surface area contributed by atoms with Gasteiger partial charge in [-0.2, -0.15) is 16.9 Å². The van der Waals surface area contributed by atoms with Crippen molar-refractivity contribution >= 4 is 17.7 Å². The number of carbonyl (C=O) groups is 1. The van der Waals surface area contributed by atoms with Crippen molar-refractivity contribution in [3.63, 3.8) is 0 Å². The van der Waals surface area contributed by atoms with Gasteiger partial charge >= 0.3 is 5.97 Å². The lowest BCUT2D eigenvalue weighted by molar-refractivity contribution is 0.0689. The maximum Gasteiger partial charge on any atom is 0.356 e. The number of hydrogen-bond donors (Lipinski definition) is 3. The van der Waals surface area contributed by atoms with Crippen LogP contribution in [-0.2, 0) is 5.75 Å². The normalized spacial score (nSPS) is 21.2. The van der Waals surface area contributed by atoms with Gasteiger partial charge in [-0.15, -0.1) is 0 Å². The first kappa shape index (κ1) is 8.58. The molecule has 5 nitrogen and oxygen atoms in total. The van der Waals surface area contributed by atoms with Gasteiger partial charge in [0.05, 0.1) is 11.7 Å². The van der Waals surface area contributed by atoms with Gasteiger partial charge in [0, 0.05) is 17.1 Å². The number of H-pyrrole nitrogens is 1. The first-order valence-electron chi connectivity index (χ1n) is 3.84. The average molecular weight is 199 g/mol. The molecule has 1 aromatic rings. The molecule has 0 bridgehead atoms. The summed E-state index contributed by atoms with van der Waals surface area (Å²) in [5, 5.41) is 15.2. The molecule has 0 aromatic carbocycles. The van der Waals surface area contributed by atoms with Crippen LogP contribution in [0, 0.1) is 0 Å². The number of thioether (sulfide) groups is 1. The molecular weight excluding hydrogens is 190 g/mol. The Balaban J connectivity index is 2.47. The highest BCUT2D eigenvalue weighted by atomic mass is 32.2. The number of nitrogens with zero attached hydrogens (tertiary/aromatic N) is 1. The third-order valence-electron chi connectivity index (χ3n) is 2.02. The van der Waals surface area contributed by atoms with E-state index < -0.39 is 5.97 Å². The minimum Gasteiger partial charge on any atom is -0.476 e. The van der Waals surface area contributed by atoms with E-state index in [1.54, 1.807) is 11.8 Å². The fraction of sp³-hybridized carbons (Fsp3) is 0.429. The number of aromatic nitrogens is 2. The molecule has 1 atom stereocenters. The van der Waals surface area contributed by atoms with Crippen molar-refractivity contribution in [3.05, 3.63) is 17.0 Å². The van der Waals surface area contributed by atoms with E-state index in [0.29, 0.717) is 5.75 Å². The van der Waals surface area contributed by atoms with Crippen molar-refractivity contribution in [1.82, 2.24) is 10.2 Å². The third kappa shape index (κ3) is 1.31. The van der Waals surface area contributed by atoms with Gasteiger partial charge in [0.25, 0.3) is 0 Å². The summed E-state index contributed by atoms with van der Waals surface area (Å²) in [4.78, 5) is 10.7. The van der Waals surface area contributed by atoms with Crippen LogP contribution >= 0.6 is 11.8 Å². The van der Waals surface area contributed by atoms with E-state index in [2.05, 4.69) is 10.2 Å². The fourth-order valence-corrected chi connectivity index (χ4v) is 2.41. The molecule has 0 spiro atoms. The quantitative estimate of drug-likeness (QED) is 0.607. The molecule has 0 radical (unpaired) electrons. The summed E-state index contributed by atoms with van der Waals surface area (Å²) >= 11 is 1.63. The lowest BCUT2D eigenvalue weighted by Crippen LogP contribution is -2.19. The first-order chi connectivity index (χ1) is 6.20. The zero-order chi connectivity index (χ0) is 9.42. The second kappa shape index (κ2) is 3.04. The molecule has 4 N–H and O–H groups in total. The maximum absolute atomic E-state index is 10.7. The van der Waals surface area contributed by atoms with Crippen LogP contribution in [0.1, 0.15) is 27.8 Å². The van der Waals surface area contributed by atoms with Crippen LogP contribution in [0.4, 0.5) is 0 Å². The van der Waals surface area contributed by atoms with E-state index >= 15 is 0 Å². The van der Waals surface area contributed by atoms with Crippen LogP contribution in [-0.4, -0.2) is 27.0 Å². The minimum atomic E-state index is -0.993. The summed E-state index contributed by atoms with van der Waals surface area (Å²) in [5.41, 5.74) is 7.40. The highest BCUT2D eigenvalue weighted by Crippen LogP contribution is 2.30. The highest BCUT2D eigenvalue weighted by molar-refractivity contribution is 7.98. The summed E-state index contributed by atoms with van der Waals surface area (Å²) in [6.07, 6.45) is 0. The van der Waals surface area contributed by atoms with E-state index in [9.17, 15) is 4.79 Å². The standard InChI is InChI=1S/C7H9N3O2S/c8-4-2-13-1-3-5(4)9-10-6(3)7(11)12/h4H,1-2,8H2,(H,9,10)(H,11,12). The van der Waals surface area contributed by atoms with E-state index in [4.69, 9.17) is 10.8 Å². The van der Waals surface area contributed by atoms with Crippen molar-refractivity contribution in [2.24, 2.45) is 5.73 Å². The van der Waals surface area contributed by atoms with E-state index in [1.807, 2.05) is 0 Å². The van der Waals surface area contributed by atoms with Crippen molar-refractivity contribution in [1.29, 1.82) is 0 Å². The molecule has 13 heavy (non-hydrogen) atoms. The van der Waals surface area contributed by atoms with Crippen LogP contribution in [0.3, 0.4) is 0 Å². The summed E-state index contributed by atoms with van der Waals surface area (Å²) in [5.74, 6) is 0.502. The average Bonchev–Trinajstić information content (AvgIpc) is 2.48. The van der Waals surface area contributed by atoms with Crippen molar-refractivity contribution < 1.29 is 9.90 Å². The Morgan fingerprint density at radius 2 is 2.54 bits per heavy atom. The predicted octanol–water partition coefficient (Wildman–Crippen LogP) is 0.355. The van der Waals surface area contributed by atoms with Crippen molar-refractivity contribution in [3.8, 4) is 0 Å². The van der Waals surface area contributed by atoms with Gasteiger partial charge < -0.3 is 10.8 Å². The SMILES string of the molecule is NC1CSCc2c(C(=O)O)n[nH]c21. The molecule has 1 aliphatic heterocycles. The van der Waals surface area contributed by atoms with Crippen LogP contribution in [0.15, 0.2) is 0 Å². The monoisotopic (exact) mass is 199 g/mol. The number of nitrogens with one attached hydrogen (secondary N) is 1. The van der Waals surface area contributed by atoms with Crippen molar-refractivity contribution in [2.75, 3.05) is 5.75 Å². The Bertz CT molecular complexity index is 350. The molecule has 0 saturated heterocycles. The topological polar surface area (TPSA) is 92.0 Å². The molecule has 6 heteroatoms. The smallest absolute Gasteiger partial charge is 0.356 e. The summed E-state index contributed by atoms with van der Waals surface area (Å²) < 4.78 is 0. The molecule has 70 valence electrons. The molecule has 1 aliphatic rings. The zero-order valence-corrected chi connectivity index (χ0v) is 7.60. The Labute approximate surface area is 78.7 Å². The van der Waals surface area contributed by atoms with Crippen LogP contribution < -0.4 is 5.73 Å². The van der Waals surface area contributed by atoms with Gasteiger partial charge in [-0.1, -0.05) is 0 Å². The number of nitrogens with two attached hydrogens (primary N) is 1. The summed E-state index contributed by atoms with van der Waals surface area (Å²) in [6.45, 7) is 0. The predicted molar refractivity (Wildman–Crippen MR) is 48.6 cm³/mol. The highest BCUT2D eigenvalue weighted by Gasteiger charge is 2.25. The fourth-order valence-electron chi connectivity index (χ4n) is 1.38. The Morgan fingerprint density at radius 1 is 1.77 bits per heavy atom. The second-order valence-electron chi connectivity index (χ2n) is 2.89. The molecule has 1 aromatic heterocycles. The van der Waals surface area contributed by atoms with E-state index in [1.165, 1.54) is 0 Å². The second-order valence-corrected chi connectivity index (χ2v) is 3.92. The number of hydrogen-bond acceptors (Lipinski definition) is 4. The summed E-state index contributed by atoms with van der Waals surface area (Å²) in [6, 6.07) is -0.116. The lowest BCUT2D eigenvalue weighted by Gasteiger charge is -2.16. The number of carboxylic acids is 1. The van der Waals surface area contributed by atoms with Gasteiger partial charge in [-0.25, -0.2) is 4.79 Å². The Morgan fingerprint density at radius 3 is 3.23 bits per heavy atom. The Kier molecular flexibility index (Phi) is 2.01. The number of rotatable bonds is 1. The zero-order valence-electron chi connectivity index (χ0n) is 6.78. The van der Waals surface area contributed by atoms with Crippen LogP contribution in [0.25, 0.3) is 0 Å². The maximum atomic E-state index is 10.7. The van der Waals surface area contributed by atoms with Gasteiger partial charge in [0.2, 0.25) is 0 Å². The molecular formula is C7H9N3O2S. The van der Waals surface area contributed by atoms with Crippen LogP contribution in [0.2, 0.25) is 0 Å². The van der Waals surface area contributed by atoms with E-state index in [-0.39, 0.29) is 11.7 Å². The number of carboxylic acid groups (broad SMARTS) is 1. The van der Waals surface area contributed by atoms with Crippen LogP contribution in [0.5, 0.6) is 0 Å². The summed E-state index contributed by atoms with van der Waals surface area (Å²) in [7, 11) is 0. The van der Waals surface area contributed by atoms with Gasteiger partial charge in [-0.3, -0.25) is 5.10 Å². The largest absolute Gasteiger partial charge is 0.476 e. The molecule has 2 rings (SSSR count). The van der Waals surface area contributed by atoms with Gasteiger partial charge in [-0.05, 0) is 0 Å². The molecule has 1 unspecified atom stereocenters. The number of fused-ring (bicyclic) bond motifs is 1. The first-order valence-corrected chi connectivity index (χ1v) is 4.99. The minimum absolute atomic E-state index is 0.109. The molecule has 0 fully saturated rings. The number of aromatic amines is 1. The van der Waals surface area contributed by atoms with Gasteiger partial charge in [0.15, 0.2) is 5.69 Å². The van der Waals surface area contributed by atoms with Crippen molar-refractivity contribution in [2.45, 2.75) is 11.8 Å². The van der Waals surface area contributed by atoms with Gasteiger partial charge in [0.1, 0.15) is 0 Å².